The van der Waals surface area contributed by atoms with E-state index in [1.807, 2.05) is 19.2 Å². The van der Waals surface area contributed by atoms with Crippen molar-refractivity contribution in [3.05, 3.63) is 28.0 Å². The highest BCUT2D eigenvalue weighted by atomic mass is 79.9. The number of rotatable bonds is 0. The number of pyridine rings is 1. The minimum absolute atomic E-state index is 0.474. The zero-order valence-corrected chi connectivity index (χ0v) is 8.51. The number of fused-ring (bicyclic) bond motifs is 1. The number of hydrogen-bond acceptors (Lipinski definition) is 2. The third kappa shape index (κ3) is 1.21. The van der Waals surface area contributed by atoms with E-state index in [0.717, 1.165) is 21.1 Å². The average Bonchev–Trinajstić information content (AvgIpc) is 2.47. The predicted octanol–water partition coefficient (Wildman–Crippen LogP) is 2.51. The molecule has 0 aromatic carbocycles. The zero-order chi connectivity index (χ0) is 9.42. The zero-order valence-electron chi connectivity index (χ0n) is 6.93. The third-order valence-electron chi connectivity index (χ3n) is 1.91. The molecule has 2 rings (SSSR count). The minimum Gasteiger partial charge on any atom is -0.345 e. The molecule has 0 saturated carbocycles. The number of H-pyrrole nitrogens is 1. The van der Waals surface area contributed by atoms with Crippen molar-refractivity contribution in [2.45, 2.75) is 6.92 Å². The Labute approximate surface area is 83.5 Å². The smallest absolute Gasteiger partial charge is 0.145 e. The lowest BCUT2D eigenvalue weighted by Crippen LogP contribution is -1.88. The normalized spacial score (nSPS) is 10.2. The van der Waals surface area contributed by atoms with E-state index in [9.17, 15) is 0 Å². The van der Waals surface area contributed by atoms with Gasteiger partial charge in [0.05, 0.1) is 0 Å². The van der Waals surface area contributed by atoms with Gasteiger partial charge in [-0.3, -0.25) is 0 Å². The molecule has 0 aliphatic rings. The molecule has 0 fully saturated rings. The van der Waals surface area contributed by atoms with E-state index in [1.165, 1.54) is 0 Å². The van der Waals surface area contributed by atoms with Crippen molar-refractivity contribution in [1.82, 2.24) is 9.97 Å². The molecule has 13 heavy (non-hydrogen) atoms. The van der Waals surface area contributed by atoms with Crippen molar-refractivity contribution < 1.29 is 0 Å². The summed E-state index contributed by atoms with van der Waals surface area (Å²) in [6.07, 6.45) is 1.82. The molecule has 0 aliphatic heterocycles. The summed E-state index contributed by atoms with van der Waals surface area (Å²) < 4.78 is 0.975. The molecule has 3 nitrogen and oxygen atoms in total. The summed E-state index contributed by atoms with van der Waals surface area (Å²) in [7, 11) is 0. The van der Waals surface area contributed by atoms with Crippen molar-refractivity contribution in [3.8, 4) is 6.07 Å². The predicted molar refractivity (Wildman–Crippen MR) is 53.2 cm³/mol. The first-order valence-corrected chi connectivity index (χ1v) is 4.56. The second kappa shape index (κ2) is 2.86. The first-order chi connectivity index (χ1) is 6.22. The van der Waals surface area contributed by atoms with Crippen LogP contribution in [0.2, 0.25) is 0 Å². The van der Waals surface area contributed by atoms with Crippen molar-refractivity contribution in [1.29, 1.82) is 5.26 Å². The van der Waals surface area contributed by atoms with Gasteiger partial charge in [-0.1, -0.05) is 0 Å². The molecule has 2 heterocycles. The van der Waals surface area contributed by atoms with Crippen LogP contribution in [-0.4, -0.2) is 9.97 Å². The van der Waals surface area contributed by atoms with Crippen LogP contribution >= 0.6 is 15.9 Å². The van der Waals surface area contributed by atoms with E-state index in [1.54, 1.807) is 0 Å². The maximum atomic E-state index is 8.75. The molecular formula is C9H6BrN3. The molecule has 2 aromatic heterocycles. The van der Waals surface area contributed by atoms with Gasteiger partial charge in [-0.15, -0.1) is 0 Å². The number of aromatic nitrogens is 2. The molecule has 0 aliphatic carbocycles. The fraction of sp³-hybridized carbons (Fsp3) is 0.111. The maximum Gasteiger partial charge on any atom is 0.145 e. The van der Waals surface area contributed by atoms with Crippen LogP contribution in [0, 0.1) is 18.3 Å². The van der Waals surface area contributed by atoms with Gasteiger partial charge in [0.2, 0.25) is 0 Å². The Kier molecular flexibility index (Phi) is 1.82. The van der Waals surface area contributed by atoms with Crippen LogP contribution in [0.5, 0.6) is 0 Å². The molecule has 4 heteroatoms. The lowest BCUT2D eigenvalue weighted by Gasteiger charge is -1.96. The van der Waals surface area contributed by atoms with Crippen LogP contribution in [0.1, 0.15) is 11.3 Å². The number of nitriles is 1. The quantitative estimate of drug-likeness (QED) is 0.763. The third-order valence-corrected chi connectivity index (χ3v) is 2.57. The first-order valence-electron chi connectivity index (χ1n) is 3.76. The number of halogens is 1. The topological polar surface area (TPSA) is 52.5 Å². The molecule has 2 aromatic rings. The van der Waals surface area contributed by atoms with E-state index in [2.05, 4.69) is 32.0 Å². The summed E-state index contributed by atoms with van der Waals surface area (Å²) in [6, 6.07) is 4.00. The molecular weight excluding hydrogens is 230 g/mol. The van der Waals surface area contributed by atoms with Gasteiger partial charge < -0.3 is 4.98 Å². The Morgan fingerprint density at radius 3 is 3.08 bits per heavy atom. The Hall–Kier alpha value is -1.34. The van der Waals surface area contributed by atoms with Crippen molar-refractivity contribution >= 4 is 27.0 Å². The first kappa shape index (κ1) is 8.27. The minimum atomic E-state index is 0.474. The highest BCUT2D eigenvalue weighted by Crippen LogP contribution is 2.23. The van der Waals surface area contributed by atoms with Crippen LogP contribution in [0.15, 0.2) is 16.7 Å². The second-order valence-electron chi connectivity index (χ2n) is 2.80. The molecule has 0 bridgehead atoms. The Balaban J connectivity index is 2.85. The molecule has 0 radical (unpaired) electrons. The van der Waals surface area contributed by atoms with Crippen LogP contribution in [-0.2, 0) is 0 Å². The Morgan fingerprint density at radius 1 is 1.62 bits per heavy atom. The highest BCUT2D eigenvalue weighted by molar-refractivity contribution is 9.10. The van der Waals surface area contributed by atoms with Crippen molar-refractivity contribution in [2.24, 2.45) is 0 Å². The lowest BCUT2D eigenvalue weighted by atomic mass is 10.2. The molecule has 0 spiro atoms. The van der Waals surface area contributed by atoms with E-state index >= 15 is 0 Å². The summed E-state index contributed by atoms with van der Waals surface area (Å²) in [4.78, 5) is 7.15. The fourth-order valence-corrected chi connectivity index (χ4v) is 1.64. The van der Waals surface area contributed by atoms with Gasteiger partial charge in [0.15, 0.2) is 0 Å². The van der Waals surface area contributed by atoms with Gasteiger partial charge in [0.1, 0.15) is 17.4 Å². The van der Waals surface area contributed by atoms with Crippen molar-refractivity contribution in [3.63, 3.8) is 0 Å². The van der Waals surface area contributed by atoms with E-state index in [4.69, 9.17) is 5.26 Å². The summed E-state index contributed by atoms with van der Waals surface area (Å²) in [6.45, 7) is 1.88. The summed E-state index contributed by atoms with van der Waals surface area (Å²) >= 11 is 3.39. The molecule has 1 N–H and O–H groups in total. The number of nitrogens with zero attached hydrogens (tertiary/aromatic N) is 2. The number of aromatic amines is 1. The SMILES string of the molecule is Cc1cc2c(Br)c[nH]c2nc1C#N. The van der Waals surface area contributed by atoms with E-state index in [-0.39, 0.29) is 0 Å². The number of hydrogen-bond donors (Lipinski definition) is 1. The Morgan fingerprint density at radius 2 is 2.38 bits per heavy atom. The molecule has 0 unspecified atom stereocenters. The summed E-state index contributed by atoms with van der Waals surface area (Å²) in [5.74, 6) is 0. The summed E-state index contributed by atoms with van der Waals surface area (Å²) in [5, 5.41) is 9.76. The highest BCUT2D eigenvalue weighted by Gasteiger charge is 2.06. The molecule has 0 amide bonds. The summed E-state index contributed by atoms with van der Waals surface area (Å²) in [5.41, 5.74) is 2.12. The van der Waals surface area contributed by atoms with E-state index < -0.39 is 0 Å². The van der Waals surface area contributed by atoms with Gasteiger partial charge in [-0.25, -0.2) is 4.98 Å². The Bertz CT molecular complexity index is 507. The largest absolute Gasteiger partial charge is 0.345 e. The van der Waals surface area contributed by atoms with Gasteiger partial charge in [-0.2, -0.15) is 5.26 Å². The second-order valence-corrected chi connectivity index (χ2v) is 3.65. The van der Waals surface area contributed by atoms with E-state index in [0.29, 0.717) is 5.69 Å². The van der Waals surface area contributed by atoms with Crippen LogP contribution in [0.3, 0.4) is 0 Å². The molecule has 0 atom stereocenters. The van der Waals surface area contributed by atoms with Gasteiger partial charge >= 0.3 is 0 Å². The van der Waals surface area contributed by atoms with Crippen molar-refractivity contribution in [2.75, 3.05) is 0 Å². The van der Waals surface area contributed by atoms with Crippen LogP contribution in [0.4, 0.5) is 0 Å². The lowest BCUT2D eigenvalue weighted by molar-refractivity contribution is 1.23. The average molecular weight is 236 g/mol. The molecule has 64 valence electrons. The van der Waals surface area contributed by atoms with Crippen LogP contribution in [0.25, 0.3) is 11.0 Å². The van der Waals surface area contributed by atoms with Gasteiger partial charge in [0, 0.05) is 16.1 Å². The molecule has 0 saturated heterocycles. The fourth-order valence-electron chi connectivity index (χ4n) is 1.23. The van der Waals surface area contributed by atoms with Crippen LogP contribution < -0.4 is 0 Å². The maximum absolute atomic E-state index is 8.75. The van der Waals surface area contributed by atoms with Gasteiger partial charge in [-0.05, 0) is 34.5 Å². The number of aryl methyl sites for hydroxylation is 1. The monoisotopic (exact) mass is 235 g/mol. The van der Waals surface area contributed by atoms with Gasteiger partial charge in [0.25, 0.3) is 0 Å². The standard InChI is InChI=1S/C9H6BrN3/c1-5-2-6-7(10)4-12-9(6)13-8(5)3-11/h2,4H,1H3,(H,12,13). The number of nitrogens with one attached hydrogen (secondary N) is 1.